The van der Waals surface area contributed by atoms with E-state index >= 15 is 0 Å². The molecule has 7 nitrogen and oxygen atoms in total. The van der Waals surface area contributed by atoms with Crippen molar-refractivity contribution >= 4 is 15.5 Å². The molecule has 20 heavy (non-hydrogen) atoms. The number of nitro groups is 1. The van der Waals surface area contributed by atoms with E-state index in [1.807, 2.05) is 0 Å². The smallest absolute Gasteiger partial charge is 0.270 e. The molecule has 0 spiro atoms. The highest BCUT2D eigenvalue weighted by Gasteiger charge is 2.16. The van der Waals surface area contributed by atoms with Crippen LogP contribution in [0.15, 0.2) is 18.2 Å². The molecule has 0 saturated heterocycles. The number of non-ortho nitro benzene ring substituents is 1. The van der Waals surface area contributed by atoms with Gasteiger partial charge in [-0.2, -0.15) is 0 Å². The minimum absolute atomic E-state index is 0.0277. The Kier molecular flexibility index (Phi) is 5.46. The normalized spacial score (nSPS) is 12.9. The Morgan fingerprint density at radius 2 is 2.10 bits per heavy atom. The monoisotopic (exact) mass is 303 g/mol. The van der Waals surface area contributed by atoms with Gasteiger partial charge in [0.05, 0.1) is 16.8 Å². The van der Waals surface area contributed by atoms with Gasteiger partial charge in [-0.15, -0.1) is 0 Å². The zero-order valence-corrected chi connectivity index (χ0v) is 12.1. The van der Waals surface area contributed by atoms with E-state index in [1.54, 1.807) is 6.92 Å². The molecule has 8 heteroatoms. The summed E-state index contributed by atoms with van der Waals surface area (Å²) in [5, 5.41) is 20.3. The molecule has 0 radical (unpaired) electrons. The summed E-state index contributed by atoms with van der Waals surface area (Å²) in [4.78, 5) is 10.1. The predicted octanol–water partition coefficient (Wildman–Crippen LogP) is 1.46. The number of sulfone groups is 1. The quantitative estimate of drug-likeness (QED) is 0.603. The van der Waals surface area contributed by atoms with Crippen molar-refractivity contribution in [2.24, 2.45) is 0 Å². The van der Waals surface area contributed by atoms with Crippen molar-refractivity contribution in [2.45, 2.75) is 20.0 Å². The van der Waals surface area contributed by atoms with Crippen LogP contribution >= 0.6 is 0 Å². The number of hydrogen-bond donors (Lipinski definition) is 1. The SMILES string of the molecule is CCS(=O)(=O)CCOc1ccc([N+](=O)[O-])cc1C(C)O. The number of nitrogens with zero attached hydrogens (tertiary/aromatic N) is 1. The van der Waals surface area contributed by atoms with Gasteiger partial charge in [0.2, 0.25) is 0 Å². The summed E-state index contributed by atoms with van der Waals surface area (Å²) in [5.74, 6) is 0.136. The topological polar surface area (TPSA) is 107 Å². The maximum absolute atomic E-state index is 11.3. The van der Waals surface area contributed by atoms with Crippen LogP contribution in [0.25, 0.3) is 0 Å². The Bertz CT molecular complexity index is 582. The Hall–Kier alpha value is -1.67. The number of aliphatic hydroxyl groups excluding tert-OH is 1. The fourth-order valence-corrected chi connectivity index (χ4v) is 2.16. The number of rotatable bonds is 7. The zero-order valence-electron chi connectivity index (χ0n) is 11.3. The second kappa shape index (κ2) is 6.67. The first-order chi connectivity index (χ1) is 9.26. The van der Waals surface area contributed by atoms with Crippen LogP contribution in [0.5, 0.6) is 5.75 Å². The van der Waals surface area contributed by atoms with Crippen LogP contribution < -0.4 is 4.74 Å². The lowest BCUT2D eigenvalue weighted by Gasteiger charge is -2.13. The summed E-state index contributed by atoms with van der Waals surface area (Å²) < 4.78 is 28.0. The van der Waals surface area contributed by atoms with Gasteiger partial charge in [0.1, 0.15) is 12.4 Å². The number of ether oxygens (including phenoxy) is 1. The van der Waals surface area contributed by atoms with Crippen LogP contribution in [0.3, 0.4) is 0 Å². The van der Waals surface area contributed by atoms with Crippen molar-refractivity contribution in [3.8, 4) is 5.75 Å². The highest BCUT2D eigenvalue weighted by Crippen LogP contribution is 2.29. The van der Waals surface area contributed by atoms with Gasteiger partial charge < -0.3 is 9.84 Å². The van der Waals surface area contributed by atoms with Crippen LogP contribution in [0.4, 0.5) is 5.69 Å². The number of hydrogen-bond acceptors (Lipinski definition) is 6. The van der Waals surface area contributed by atoms with Crippen LogP contribution in [0, 0.1) is 10.1 Å². The van der Waals surface area contributed by atoms with Crippen LogP contribution in [-0.4, -0.2) is 36.6 Å². The van der Waals surface area contributed by atoms with Crippen molar-refractivity contribution in [3.05, 3.63) is 33.9 Å². The average Bonchev–Trinajstić information content (AvgIpc) is 2.38. The summed E-state index contributed by atoms with van der Waals surface area (Å²) in [6, 6.07) is 3.82. The molecule has 0 aliphatic heterocycles. The van der Waals surface area contributed by atoms with Crippen molar-refractivity contribution < 1.29 is 23.2 Å². The average molecular weight is 303 g/mol. The first kappa shape index (κ1) is 16.4. The maximum atomic E-state index is 11.3. The zero-order chi connectivity index (χ0) is 15.3. The molecule has 1 aromatic rings. The van der Waals surface area contributed by atoms with Gasteiger partial charge in [0.25, 0.3) is 5.69 Å². The molecule has 0 bridgehead atoms. The molecule has 0 saturated carbocycles. The van der Waals surface area contributed by atoms with E-state index in [0.717, 1.165) is 0 Å². The summed E-state index contributed by atoms with van der Waals surface area (Å²) in [5.41, 5.74) is 0.0996. The molecule has 1 atom stereocenters. The number of nitro benzene ring substituents is 1. The molecule has 1 rings (SSSR count). The summed E-state index contributed by atoms with van der Waals surface area (Å²) in [6.45, 7) is 2.94. The van der Waals surface area contributed by atoms with Gasteiger partial charge in [-0.1, -0.05) is 6.92 Å². The Balaban J connectivity index is 2.87. The minimum Gasteiger partial charge on any atom is -0.492 e. The molecule has 1 unspecified atom stereocenters. The highest BCUT2D eigenvalue weighted by molar-refractivity contribution is 7.91. The van der Waals surface area contributed by atoms with E-state index in [-0.39, 0.29) is 35.1 Å². The predicted molar refractivity (Wildman–Crippen MR) is 73.6 cm³/mol. The minimum atomic E-state index is -3.14. The standard InChI is InChI=1S/C12H17NO6S/c1-3-20(17,18)7-6-19-12-5-4-10(13(15)16)8-11(12)9(2)14/h4-5,8-9,14H,3,6-7H2,1-2H3. The molecular formula is C12H17NO6S. The van der Waals surface area contributed by atoms with Gasteiger partial charge in [-0.25, -0.2) is 8.42 Å². The lowest BCUT2D eigenvalue weighted by Crippen LogP contribution is -2.16. The summed E-state index contributed by atoms with van der Waals surface area (Å²) >= 11 is 0. The molecule has 0 aliphatic rings. The third-order valence-electron chi connectivity index (χ3n) is 2.75. The second-order valence-electron chi connectivity index (χ2n) is 4.24. The first-order valence-electron chi connectivity index (χ1n) is 6.06. The molecule has 0 amide bonds. The molecule has 112 valence electrons. The summed E-state index contributed by atoms with van der Waals surface area (Å²) in [7, 11) is -3.14. The van der Waals surface area contributed by atoms with Gasteiger partial charge in [-0.05, 0) is 13.0 Å². The van der Waals surface area contributed by atoms with Crippen molar-refractivity contribution in [1.82, 2.24) is 0 Å². The lowest BCUT2D eigenvalue weighted by atomic mass is 10.1. The molecule has 1 aromatic carbocycles. The van der Waals surface area contributed by atoms with Crippen molar-refractivity contribution in [2.75, 3.05) is 18.1 Å². The number of benzene rings is 1. The van der Waals surface area contributed by atoms with E-state index in [4.69, 9.17) is 4.74 Å². The van der Waals surface area contributed by atoms with Crippen molar-refractivity contribution in [1.29, 1.82) is 0 Å². The van der Waals surface area contributed by atoms with Crippen LogP contribution in [0.2, 0.25) is 0 Å². The van der Waals surface area contributed by atoms with E-state index in [1.165, 1.54) is 25.1 Å². The highest BCUT2D eigenvalue weighted by atomic mass is 32.2. The molecule has 0 aromatic heterocycles. The van der Waals surface area contributed by atoms with Crippen LogP contribution in [-0.2, 0) is 9.84 Å². The van der Waals surface area contributed by atoms with E-state index in [9.17, 15) is 23.6 Å². The van der Waals surface area contributed by atoms with E-state index in [2.05, 4.69) is 0 Å². The molecule has 0 aliphatic carbocycles. The largest absolute Gasteiger partial charge is 0.492 e. The molecule has 0 fully saturated rings. The van der Waals surface area contributed by atoms with Gasteiger partial charge in [-0.3, -0.25) is 10.1 Å². The van der Waals surface area contributed by atoms with Crippen LogP contribution in [0.1, 0.15) is 25.5 Å². The lowest BCUT2D eigenvalue weighted by molar-refractivity contribution is -0.385. The van der Waals surface area contributed by atoms with Gasteiger partial charge in [0.15, 0.2) is 9.84 Å². The third-order valence-corrected chi connectivity index (χ3v) is 4.41. The van der Waals surface area contributed by atoms with E-state index < -0.39 is 20.9 Å². The second-order valence-corrected chi connectivity index (χ2v) is 6.71. The first-order valence-corrected chi connectivity index (χ1v) is 7.88. The maximum Gasteiger partial charge on any atom is 0.270 e. The number of aliphatic hydroxyl groups is 1. The fourth-order valence-electron chi connectivity index (χ4n) is 1.53. The fraction of sp³-hybridized carbons (Fsp3) is 0.500. The molecule has 1 N–H and O–H groups in total. The van der Waals surface area contributed by atoms with Gasteiger partial charge >= 0.3 is 0 Å². The Labute approximate surface area is 117 Å². The molecule has 0 heterocycles. The van der Waals surface area contributed by atoms with Crippen molar-refractivity contribution in [3.63, 3.8) is 0 Å². The van der Waals surface area contributed by atoms with E-state index in [0.29, 0.717) is 0 Å². The Morgan fingerprint density at radius 3 is 2.60 bits per heavy atom. The third kappa shape index (κ3) is 4.46. The summed E-state index contributed by atoms with van der Waals surface area (Å²) in [6.07, 6.45) is -0.951. The Morgan fingerprint density at radius 1 is 1.45 bits per heavy atom. The van der Waals surface area contributed by atoms with Gasteiger partial charge in [0, 0.05) is 23.4 Å². The molecular weight excluding hydrogens is 286 g/mol.